The number of hydrogen-bond acceptors (Lipinski definition) is 4. The van der Waals surface area contributed by atoms with Crippen molar-refractivity contribution in [2.24, 2.45) is 0 Å². The molecule has 0 fully saturated rings. The van der Waals surface area contributed by atoms with Crippen LogP contribution in [0.1, 0.15) is 19.3 Å². The van der Waals surface area contributed by atoms with Gasteiger partial charge in [0.05, 0.1) is 6.42 Å². The molecule has 0 N–H and O–H groups in total. The Labute approximate surface area is 105 Å². The number of ketones is 1. The van der Waals surface area contributed by atoms with E-state index in [2.05, 4.69) is 15.5 Å². The van der Waals surface area contributed by atoms with E-state index >= 15 is 0 Å². The number of rotatable bonds is 7. The number of aryl methyl sites for hydroxylation is 2. The fourth-order valence-corrected chi connectivity index (χ4v) is 1.68. The Bertz CT molecular complexity index is 468. The first-order valence-electron chi connectivity index (χ1n) is 6.01. The summed E-state index contributed by atoms with van der Waals surface area (Å²) in [6.07, 6.45) is 7.42. The van der Waals surface area contributed by atoms with Crippen LogP contribution in [0.5, 0.6) is 0 Å². The summed E-state index contributed by atoms with van der Waals surface area (Å²) in [5.41, 5.74) is 0. The quantitative estimate of drug-likeness (QED) is 0.663. The number of hydrogen-bond donors (Lipinski definition) is 0. The zero-order valence-electron chi connectivity index (χ0n) is 10.1. The van der Waals surface area contributed by atoms with Crippen molar-refractivity contribution in [2.75, 3.05) is 0 Å². The Morgan fingerprint density at radius 3 is 2.72 bits per heavy atom. The van der Waals surface area contributed by atoms with E-state index in [9.17, 15) is 4.79 Å². The summed E-state index contributed by atoms with van der Waals surface area (Å²) in [6.45, 7) is 1.43. The van der Waals surface area contributed by atoms with Gasteiger partial charge in [0.25, 0.3) is 0 Å². The van der Waals surface area contributed by atoms with E-state index in [-0.39, 0.29) is 5.78 Å². The van der Waals surface area contributed by atoms with E-state index < -0.39 is 0 Å². The predicted molar refractivity (Wildman–Crippen MR) is 63.3 cm³/mol. The van der Waals surface area contributed by atoms with Crippen molar-refractivity contribution in [1.82, 2.24) is 20.2 Å². The van der Waals surface area contributed by atoms with Gasteiger partial charge in [0, 0.05) is 25.1 Å². The van der Waals surface area contributed by atoms with E-state index in [1.54, 1.807) is 11.0 Å². The number of Topliss-reactive ketones (excluding diaryl/α,β-unsaturated/α-hetero) is 1. The third-order valence-corrected chi connectivity index (χ3v) is 2.66. The molecule has 0 aliphatic heterocycles. The Morgan fingerprint density at radius 1 is 1.17 bits per heavy atom. The van der Waals surface area contributed by atoms with Crippen LogP contribution in [0.25, 0.3) is 0 Å². The molecular formula is C12H16N5O+. The van der Waals surface area contributed by atoms with Crippen LogP contribution in [-0.4, -0.2) is 26.0 Å². The van der Waals surface area contributed by atoms with Gasteiger partial charge in [-0.05, 0) is 16.8 Å². The van der Waals surface area contributed by atoms with Crippen molar-refractivity contribution >= 4 is 5.78 Å². The summed E-state index contributed by atoms with van der Waals surface area (Å²) in [6, 6.07) is 5.88. The largest absolute Gasteiger partial charge is 0.299 e. The molecule has 2 heterocycles. The summed E-state index contributed by atoms with van der Waals surface area (Å²) in [7, 11) is 0. The van der Waals surface area contributed by atoms with Crippen molar-refractivity contribution in [1.29, 1.82) is 0 Å². The molecule has 0 unspecified atom stereocenters. The lowest BCUT2D eigenvalue weighted by molar-refractivity contribution is -0.695. The highest BCUT2D eigenvalue weighted by atomic mass is 16.1. The standard InChI is InChI=1S/C12H16N5O/c18-12(5-4-9-17-11-13-14-15-17)6-10-16-7-2-1-3-8-16/h1-3,7-8,11H,4-6,9-10H2/q+1. The molecule has 0 saturated carbocycles. The van der Waals surface area contributed by atoms with Gasteiger partial charge in [-0.2, -0.15) is 0 Å². The highest BCUT2D eigenvalue weighted by Gasteiger charge is 2.06. The molecule has 0 amide bonds. The van der Waals surface area contributed by atoms with Crippen LogP contribution >= 0.6 is 0 Å². The van der Waals surface area contributed by atoms with Gasteiger partial charge < -0.3 is 0 Å². The van der Waals surface area contributed by atoms with Crippen LogP contribution in [0, 0.1) is 0 Å². The zero-order valence-corrected chi connectivity index (χ0v) is 10.1. The number of carbonyl (C=O) groups excluding carboxylic acids is 1. The van der Waals surface area contributed by atoms with Gasteiger partial charge in [0.1, 0.15) is 12.1 Å². The number of nitrogens with zero attached hydrogens (tertiary/aromatic N) is 5. The molecular weight excluding hydrogens is 230 g/mol. The fourth-order valence-electron chi connectivity index (χ4n) is 1.68. The first-order chi connectivity index (χ1) is 8.84. The molecule has 2 aromatic rings. The van der Waals surface area contributed by atoms with Gasteiger partial charge in [0.2, 0.25) is 0 Å². The van der Waals surface area contributed by atoms with Gasteiger partial charge in [0.15, 0.2) is 18.9 Å². The van der Waals surface area contributed by atoms with E-state index in [0.29, 0.717) is 19.4 Å². The molecule has 0 aromatic carbocycles. The van der Waals surface area contributed by atoms with E-state index in [0.717, 1.165) is 13.0 Å². The lowest BCUT2D eigenvalue weighted by Crippen LogP contribution is -2.33. The minimum Gasteiger partial charge on any atom is -0.299 e. The molecule has 6 nitrogen and oxygen atoms in total. The van der Waals surface area contributed by atoms with Gasteiger partial charge in [-0.15, -0.1) is 5.10 Å². The Hall–Kier alpha value is -2.11. The highest BCUT2D eigenvalue weighted by Crippen LogP contribution is 1.97. The Morgan fingerprint density at radius 2 is 2.00 bits per heavy atom. The van der Waals surface area contributed by atoms with Gasteiger partial charge >= 0.3 is 0 Å². The molecule has 0 bridgehead atoms. The van der Waals surface area contributed by atoms with Crippen LogP contribution in [0.3, 0.4) is 0 Å². The van der Waals surface area contributed by atoms with E-state index in [1.165, 1.54) is 0 Å². The van der Waals surface area contributed by atoms with Crippen molar-refractivity contribution in [3.8, 4) is 0 Å². The summed E-state index contributed by atoms with van der Waals surface area (Å²) >= 11 is 0. The lowest BCUT2D eigenvalue weighted by Gasteiger charge is -1.99. The Kier molecular flexibility index (Phi) is 4.52. The number of pyridine rings is 1. The van der Waals surface area contributed by atoms with Gasteiger partial charge in [-0.3, -0.25) is 4.79 Å². The van der Waals surface area contributed by atoms with Crippen LogP contribution in [0.4, 0.5) is 0 Å². The first kappa shape index (κ1) is 12.3. The minimum absolute atomic E-state index is 0.277. The fraction of sp³-hybridized carbons (Fsp3) is 0.417. The van der Waals surface area contributed by atoms with Crippen molar-refractivity contribution < 1.29 is 9.36 Å². The monoisotopic (exact) mass is 246 g/mol. The van der Waals surface area contributed by atoms with E-state index in [1.807, 2.05) is 35.2 Å². The second kappa shape index (κ2) is 6.58. The summed E-state index contributed by atoms with van der Waals surface area (Å²) in [5.74, 6) is 0.277. The molecule has 18 heavy (non-hydrogen) atoms. The second-order valence-electron chi connectivity index (χ2n) is 4.08. The average molecular weight is 246 g/mol. The maximum Gasteiger partial charge on any atom is 0.168 e. The molecule has 0 atom stereocenters. The third kappa shape index (κ3) is 4.04. The third-order valence-electron chi connectivity index (χ3n) is 2.66. The highest BCUT2D eigenvalue weighted by molar-refractivity contribution is 5.78. The first-order valence-corrected chi connectivity index (χ1v) is 6.01. The summed E-state index contributed by atoms with van der Waals surface area (Å²) in [4.78, 5) is 11.7. The van der Waals surface area contributed by atoms with Crippen molar-refractivity contribution in [3.05, 3.63) is 36.9 Å². The van der Waals surface area contributed by atoms with E-state index in [4.69, 9.17) is 0 Å². The number of aromatic nitrogens is 5. The maximum absolute atomic E-state index is 11.7. The van der Waals surface area contributed by atoms with Crippen LogP contribution in [0.2, 0.25) is 0 Å². The normalized spacial score (nSPS) is 10.4. The van der Waals surface area contributed by atoms with Crippen LogP contribution in [-0.2, 0) is 17.9 Å². The molecule has 0 radical (unpaired) electrons. The molecule has 0 aliphatic rings. The maximum atomic E-state index is 11.7. The SMILES string of the molecule is O=C(CCCn1cnnn1)CC[n+]1ccccc1. The molecule has 0 saturated heterocycles. The molecule has 94 valence electrons. The topological polar surface area (TPSA) is 64.5 Å². The number of carbonyl (C=O) groups is 1. The second-order valence-corrected chi connectivity index (χ2v) is 4.08. The molecule has 0 aliphatic carbocycles. The smallest absolute Gasteiger partial charge is 0.168 e. The number of tetrazole rings is 1. The minimum atomic E-state index is 0.277. The summed E-state index contributed by atoms with van der Waals surface area (Å²) < 4.78 is 3.65. The zero-order chi connectivity index (χ0) is 12.6. The van der Waals surface area contributed by atoms with Crippen LogP contribution < -0.4 is 4.57 Å². The van der Waals surface area contributed by atoms with Crippen molar-refractivity contribution in [2.45, 2.75) is 32.4 Å². The predicted octanol–water partition coefficient (Wildman–Crippen LogP) is 0.400. The molecule has 0 spiro atoms. The van der Waals surface area contributed by atoms with Gasteiger partial charge in [-0.1, -0.05) is 6.07 Å². The van der Waals surface area contributed by atoms with Gasteiger partial charge in [-0.25, -0.2) is 9.25 Å². The average Bonchev–Trinajstić information content (AvgIpc) is 2.91. The Balaban J connectivity index is 1.63. The molecule has 6 heteroatoms. The molecule has 2 aromatic heterocycles. The summed E-state index contributed by atoms with van der Waals surface area (Å²) in [5, 5.41) is 10.8. The lowest BCUT2D eigenvalue weighted by atomic mass is 10.1. The van der Waals surface area contributed by atoms with Crippen molar-refractivity contribution in [3.63, 3.8) is 0 Å². The van der Waals surface area contributed by atoms with Crippen LogP contribution in [0.15, 0.2) is 36.9 Å². The molecule has 2 rings (SSSR count).